The van der Waals surface area contributed by atoms with E-state index in [9.17, 15) is 4.79 Å². The molecule has 0 saturated heterocycles. The molecule has 0 bridgehead atoms. The predicted octanol–water partition coefficient (Wildman–Crippen LogP) is 3.39. The van der Waals surface area contributed by atoms with E-state index in [1.165, 1.54) is 5.56 Å². The third-order valence-corrected chi connectivity index (χ3v) is 2.63. The first-order valence-electron chi connectivity index (χ1n) is 5.37. The number of nitrogens with zero attached hydrogens (tertiary/aromatic N) is 1. The Balaban J connectivity index is 3.11. The fourth-order valence-corrected chi connectivity index (χ4v) is 1.61. The van der Waals surface area contributed by atoms with Crippen molar-refractivity contribution in [1.82, 2.24) is 0 Å². The first-order valence-corrected chi connectivity index (χ1v) is 5.37. The van der Waals surface area contributed by atoms with Crippen molar-refractivity contribution in [3.8, 4) is 6.07 Å². The lowest BCUT2D eigenvalue weighted by Gasteiger charge is -2.20. The Labute approximate surface area is 96.9 Å². The molecule has 2 nitrogen and oxygen atoms in total. The van der Waals surface area contributed by atoms with Gasteiger partial charge in [-0.15, -0.1) is 0 Å². The van der Waals surface area contributed by atoms with E-state index in [0.29, 0.717) is 5.56 Å². The number of aryl methyl sites for hydroxylation is 1. The van der Waals surface area contributed by atoms with Crippen LogP contribution in [0.25, 0.3) is 0 Å². The molecule has 0 amide bonds. The second-order valence-corrected chi connectivity index (χ2v) is 5.04. The SMILES string of the molecule is Cc1cc(C(C)(C)C)ccc1C(=O)CC#N. The van der Waals surface area contributed by atoms with E-state index in [4.69, 9.17) is 5.26 Å². The van der Waals surface area contributed by atoms with Gasteiger partial charge < -0.3 is 0 Å². The molecular weight excluding hydrogens is 198 g/mol. The zero-order chi connectivity index (χ0) is 12.3. The molecule has 0 fully saturated rings. The summed E-state index contributed by atoms with van der Waals surface area (Å²) in [6, 6.07) is 7.72. The minimum absolute atomic E-state index is 0.0459. The number of ketones is 1. The molecule has 0 heterocycles. The summed E-state index contributed by atoms with van der Waals surface area (Å²) >= 11 is 0. The summed E-state index contributed by atoms with van der Waals surface area (Å²) in [5.41, 5.74) is 2.91. The largest absolute Gasteiger partial charge is 0.293 e. The summed E-state index contributed by atoms with van der Waals surface area (Å²) in [6.07, 6.45) is -0.0459. The second kappa shape index (κ2) is 4.49. The van der Waals surface area contributed by atoms with Crippen LogP contribution in [0.1, 0.15) is 48.7 Å². The lowest BCUT2D eigenvalue weighted by Crippen LogP contribution is -2.12. The highest BCUT2D eigenvalue weighted by Gasteiger charge is 2.16. The smallest absolute Gasteiger partial charge is 0.177 e. The fourth-order valence-electron chi connectivity index (χ4n) is 1.61. The van der Waals surface area contributed by atoms with Crippen LogP contribution in [0.4, 0.5) is 0 Å². The maximum absolute atomic E-state index is 11.6. The molecule has 0 aromatic heterocycles. The molecule has 1 aromatic rings. The molecule has 0 spiro atoms. The van der Waals surface area contributed by atoms with Gasteiger partial charge in [0.05, 0.1) is 12.5 Å². The molecule has 0 aliphatic rings. The van der Waals surface area contributed by atoms with Crippen LogP contribution in [0.15, 0.2) is 18.2 Å². The Morgan fingerprint density at radius 2 is 2.00 bits per heavy atom. The Bertz CT molecular complexity index is 447. The molecular formula is C14H17NO. The number of rotatable bonds is 2. The van der Waals surface area contributed by atoms with Gasteiger partial charge in [0.1, 0.15) is 0 Å². The van der Waals surface area contributed by atoms with E-state index < -0.39 is 0 Å². The van der Waals surface area contributed by atoms with Crippen LogP contribution < -0.4 is 0 Å². The summed E-state index contributed by atoms with van der Waals surface area (Å²) in [4.78, 5) is 11.6. The van der Waals surface area contributed by atoms with Crippen molar-refractivity contribution in [3.63, 3.8) is 0 Å². The van der Waals surface area contributed by atoms with Crippen molar-refractivity contribution in [1.29, 1.82) is 5.26 Å². The third-order valence-electron chi connectivity index (χ3n) is 2.63. The van der Waals surface area contributed by atoms with Gasteiger partial charge in [-0.1, -0.05) is 39.0 Å². The maximum Gasteiger partial charge on any atom is 0.177 e. The first kappa shape index (κ1) is 12.4. The molecule has 84 valence electrons. The lowest BCUT2D eigenvalue weighted by atomic mass is 9.85. The Morgan fingerprint density at radius 1 is 1.38 bits per heavy atom. The zero-order valence-corrected chi connectivity index (χ0v) is 10.3. The molecule has 2 heteroatoms. The van der Waals surface area contributed by atoms with Gasteiger partial charge in [-0.05, 0) is 23.5 Å². The van der Waals surface area contributed by atoms with Gasteiger partial charge in [0.15, 0.2) is 5.78 Å². The standard InChI is InChI=1S/C14H17NO/c1-10-9-11(14(2,3)4)5-6-12(10)13(16)7-8-15/h5-6,9H,7H2,1-4H3. The molecule has 0 saturated carbocycles. The molecule has 0 atom stereocenters. The number of hydrogen-bond acceptors (Lipinski definition) is 2. The van der Waals surface area contributed by atoms with Gasteiger partial charge in [0, 0.05) is 5.56 Å². The zero-order valence-electron chi connectivity index (χ0n) is 10.3. The number of benzene rings is 1. The van der Waals surface area contributed by atoms with E-state index in [2.05, 4.69) is 20.8 Å². The van der Waals surface area contributed by atoms with Gasteiger partial charge >= 0.3 is 0 Å². The van der Waals surface area contributed by atoms with Crippen molar-refractivity contribution in [2.75, 3.05) is 0 Å². The molecule has 0 N–H and O–H groups in total. The number of hydrogen-bond donors (Lipinski definition) is 0. The van der Waals surface area contributed by atoms with Gasteiger partial charge in [-0.3, -0.25) is 4.79 Å². The first-order chi connectivity index (χ1) is 7.36. The molecule has 1 rings (SSSR count). The van der Waals surface area contributed by atoms with Gasteiger partial charge in [-0.2, -0.15) is 5.26 Å². The van der Waals surface area contributed by atoms with E-state index >= 15 is 0 Å². The van der Waals surface area contributed by atoms with Crippen LogP contribution in [0.3, 0.4) is 0 Å². The van der Waals surface area contributed by atoms with Crippen molar-refractivity contribution in [2.24, 2.45) is 0 Å². The number of carbonyl (C=O) groups excluding carboxylic acids is 1. The number of carbonyl (C=O) groups is 1. The van der Waals surface area contributed by atoms with E-state index in [1.807, 2.05) is 31.2 Å². The van der Waals surface area contributed by atoms with Crippen molar-refractivity contribution >= 4 is 5.78 Å². The molecule has 0 aliphatic heterocycles. The maximum atomic E-state index is 11.6. The van der Waals surface area contributed by atoms with Crippen LogP contribution in [-0.2, 0) is 5.41 Å². The topological polar surface area (TPSA) is 40.9 Å². The third kappa shape index (κ3) is 2.70. The monoisotopic (exact) mass is 215 g/mol. The van der Waals surface area contributed by atoms with Crippen molar-refractivity contribution in [3.05, 3.63) is 34.9 Å². The van der Waals surface area contributed by atoms with Crippen LogP contribution in [0.2, 0.25) is 0 Å². The Hall–Kier alpha value is -1.62. The van der Waals surface area contributed by atoms with Crippen LogP contribution in [0, 0.1) is 18.3 Å². The molecule has 0 unspecified atom stereocenters. The van der Waals surface area contributed by atoms with Gasteiger partial charge in [0.2, 0.25) is 0 Å². The molecule has 0 aliphatic carbocycles. The highest BCUT2D eigenvalue weighted by molar-refractivity contribution is 5.98. The van der Waals surface area contributed by atoms with Gasteiger partial charge in [0.25, 0.3) is 0 Å². The van der Waals surface area contributed by atoms with Crippen molar-refractivity contribution < 1.29 is 4.79 Å². The van der Waals surface area contributed by atoms with Crippen molar-refractivity contribution in [2.45, 2.75) is 39.5 Å². The van der Waals surface area contributed by atoms with Crippen LogP contribution >= 0.6 is 0 Å². The van der Waals surface area contributed by atoms with Gasteiger partial charge in [-0.25, -0.2) is 0 Å². The van der Waals surface area contributed by atoms with Crippen LogP contribution in [0.5, 0.6) is 0 Å². The summed E-state index contributed by atoms with van der Waals surface area (Å²) in [5.74, 6) is -0.0968. The van der Waals surface area contributed by atoms with E-state index in [0.717, 1.165) is 5.56 Å². The minimum Gasteiger partial charge on any atom is -0.293 e. The fraction of sp³-hybridized carbons (Fsp3) is 0.429. The van der Waals surface area contributed by atoms with E-state index in [1.54, 1.807) is 0 Å². The predicted molar refractivity (Wildman–Crippen MR) is 64.4 cm³/mol. The molecule has 1 aromatic carbocycles. The number of Topliss-reactive ketones (excluding diaryl/α,β-unsaturated/α-hetero) is 1. The lowest BCUT2D eigenvalue weighted by molar-refractivity contribution is 0.0997. The van der Waals surface area contributed by atoms with E-state index in [-0.39, 0.29) is 17.6 Å². The summed E-state index contributed by atoms with van der Waals surface area (Å²) in [7, 11) is 0. The quantitative estimate of drug-likeness (QED) is 0.709. The normalized spacial score (nSPS) is 10.9. The number of nitriles is 1. The Kier molecular flexibility index (Phi) is 3.49. The second-order valence-electron chi connectivity index (χ2n) is 5.04. The average molecular weight is 215 g/mol. The highest BCUT2D eigenvalue weighted by Crippen LogP contribution is 2.24. The summed E-state index contributed by atoms with van der Waals surface area (Å²) in [5, 5.41) is 8.50. The molecule has 16 heavy (non-hydrogen) atoms. The Morgan fingerprint density at radius 3 is 2.44 bits per heavy atom. The van der Waals surface area contributed by atoms with Crippen LogP contribution in [-0.4, -0.2) is 5.78 Å². The molecule has 0 radical (unpaired) electrons. The summed E-state index contributed by atoms with van der Waals surface area (Å²) < 4.78 is 0. The average Bonchev–Trinajstić information content (AvgIpc) is 2.16. The summed E-state index contributed by atoms with van der Waals surface area (Å²) in [6.45, 7) is 8.33. The highest BCUT2D eigenvalue weighted by atomic mass is 16.1. The minimum atomic E-state index is -0.0968.